The van der Waals surface area contributed by atoms with E-state index in [9.17, 15) is 9.59 Å². The molecule has 0 bridgehead atoms. The fourth-order valence-corrected chi connectivity index (χ4v) is 2.76. The van der Waals surface area contributed by atoms with Crippen molar-refractivity contribution in [3.8, 4) is 0 Å². The second-order valence-corrected chi connectivity index (χ2v) is 4.94. The minimum Gasteiger partial charge on any atom is -0.454 e. The molecular weight excluding hydrogens is 319 g/mol. The fourth-order valence-electron chi connectivity index (χ4n) is 1.94. The maximum atomic E-state index is 12.1. The number of carbonyl (C=O) groups excluding carboxylic acids is 2. The van der Waals surface area contributed by atoms with Crippen molar-refractivity contribution >= 4 is 34.3 Å². The largest absolute Gasteiger partial charge is 0.454 e. The van der Waals surface area contributed by atoms with Crippen LogP contribution in [0.25, 0.3) is 0 Å². The van der Waals surface area contributed by atoms with E-state index in [0.29, 0.717) is 6.42 Å². The summed E-state index contributed by atoms with van der Waals surface area (Å²) in [6, 6.07) is 5.80. The van der Waals surface area contributed by atoms with Crippen LogP contribution < -0.4 is 0 Å². The van der Waals surface area contributed by atoms with Crippen molar-refractivity contribution in [3.05, 3.63) is 32.9 Å². The third kappa shape index (κ3) is 2.11. The maximum Gasteiger partial charge on any atom is 0.303 e. The molecule has 1 aliphatic rings. The van der Waals surface area contributed by atoms with Crippen molar-refractivity contribution in [1.29, 1.82) is 0 Å². The van der Waals surface area contributed by atoms with E-state index in [1.54, 1.807) is 0 Å². The quantitative estimate of drug-likeness (QED) is 0.586. The summed E-state index contributed by atoms with van der Waals surface area (Å²) in [5.74, 6) is -0.464. The van der Waals surface area contributed by atoms with Crippen molar-refractivity contribution in [2.45, 2.75) is 25.9 Å². The highest BCUT2D eigenvalue weighted by atomic mass is 127. The molecule has 0 N–H and O–H groups in total. The lowest BCUT2D eigenvalue weighted by atomic mass is 9.89. The van der Waals surface area contributed by atoms with Crippen LogP contribution in [0, 0.1) is 3.57 Å². The van der Waals surface area contributed by atoms with E-state index in [0.717, 1.165) is 21.1 Å². The SMILES string of the molecule is CC(=O)OC1CCc2cccc(I)c2C1=O. The van der Waals surface area contributed by atoms with Gasteiger partial charge >= 0.3 is 5.97 Å². The molecular formula is C12H11IO3. The highest BCUT2D eigenvalue weighted by Crippen LogP contribution is 2.27. The number of hydrogen-bond acceptors (Lipinski definition) is 3. The number of carbonyl (C=O) groups is 2. The zero-order valence-corrected chi connectivity index (χ0v) is 11.0. The molecule has 1 aromatic carbocycles. The molecule has 0 spiro atoms. The second-order valence-electron chi connectivity index (χ2n) is 3.77. The number of rotatable bonds is 1. The van der Waals surface area contributed by atoms with Crippen LogP contribution in [0.1, 0.15) is 29.3 Å². The van der Waals surface area contributed by atoms with Crippen molar-refractivity contribution in [1.82, 2.24) is 0 Å². The van der Waals surface area contributed by atoms with Crippen LogP contribution in [0.2, 0.25) is 0 Å². The fraction of sp³-hybridized carbons (Fsp3) is 0.333. The number of Topliss-reactive ketones (excluding diaryl/α,β-unsaturated/α-hetero) is 1. The lowest BCUT2D eigenvalue weighted by Crippen LogP contribution is -2.32. The summed E-state index contributed by atoms with van der Waals surface area (Å²) < 4.78 is 5.95. The first-order chi connectivity index (χ1) is 7.59. The topological polar surface area (TPSA) is 43.4 Å². The summed E-state index contributed by atoms with van der Waals surface area (Å²) in [7, 11) is 0. The molecule has 2 rings (SSSR count). The monoisotopic (exact) mass is 330 g/mol. The number of halogens is 1. The van der Waals surface area contributed by atoms with Gasteiger partial charge in [-0.25, -0.2) is 0 Å². The molecule has 0 saturated carbocycles. The third-order valence-corrected chi connectivity index (χ3v) is 3.52. The number of aryl methyl sites for hydroxylation is 1. The molecule has 1 unspecified atom stereocenters. The predicted molar refractivity (Wildman–Crippen MR) is 67.4 cm³/mol. The summed E-state index contributed by atoms with van der Waals surface area (Å²) in [6.07, 6.45) is 0.780. The molecule has 0 heterocycles. The lowest BCUT2D eigenvalue weighted by molar-refractivity contribution is -0.144. The molecule has 1 aliphatic carbocycles. The van der Waals surface area contributed by atoms with E-state index >= 15 is 0 Å². The summed E-state index contributed by atoms with van der Waals surface area (Å²) in [4.78, 5) is 23.0. The molecule has 16 heavy (non-hydrogen) atoms. The first-order valence-corrected chi connectivity index (χ1v) is 6.16. The minimum absolute atomic E-state index is 0.0681. The zero-order valence-electron chi connectivity index (χ0n) is 8.83. The summed E-state index contributed by atoms with van der Waals surface area (Å²) in [5, 5.41) is 0. The highest BCUT2D eigenvalue weighted by molar-refractivity contribution is 14.1. The Bertz CT molecular complexity index is 454. The zero-order chi connectivity index (χ0) is 11.7. The van der Waals surface area contributed by atoms with Gasteiger partial charge in [0.2, 0.25) is 5.78 Å². The predicted octanol–water partition coefficient (Wildman–Crippen LogP) is 2.35. The van der Waals surface area contributed by atoms with Gasteiger partial charge in [-0.1, -0.05) is 12.1 Å². The molecule has 0 aliphatic heterocycles. The first-order valence-electron chi connectivity index (χ1n) is 5.08. The van der Waals surface area contributed by atoms with Gasteiger partial charge in [-0.05, 0) is 47.1 Å². The van der Waals surface area contributed by atoms with Crippen LogP contribution in [0.3, 0.4) is 0 Å². The molecule has 0 fully saturated rings. The van der Waals surface area contributed by atoms with Gasteiger partial charge in [0, 0.05) is 16.1 Å². The Morgan fingerprint density at radius 1 is 1.50 bits per heavy atom. The molecule has 84 valence electrons. The number of benzene rings is 1. The van der Waals surface area contributed by atoms with E-state index in [4.69, 9.17) is 4.74 Å². The molecule has 1 atom stereocenters. The normalized spacial score (nSPS) is 19.1. The van der Waals surface area contributed by atoms with Gasteiger partial charge in [0.15, 0.2) is 6.10 Å². The molecule has 4 heteroatoms. The number of fused-ring (bicyclic) bond motifs is 1. The maximum absolute atomic E-state index is 12.1. The Kier molecular flexibility index (Phi) is 3.28. The summed E-state index contributed by atoms with van der Waals surface area (Å²) in [5.41, 5.74) is 1.78. The lowest BCUT2D eigenvalue weighted by Gasteiger charge is -2.23. The molecule has 0 saturated heterocycles. The van der Waals surface area contributed by atoms with Crippen LogP contribution in [-0.4, -0.2) is 17.9 Å². The van der Waals surface area contributed by atoms with Gasteiger partial charge in [0.25, 0.3) is 0 Å². The Hall–Kier alpha value is -0.910. The van der Waals surface area contributed by atoms with Gasteiger partial charge in [0.05, 0.1) is 0 Å². The number of ketones is 1. The highest BCUT2D eigenvalue weighted by Gasteiger charge is 2.30. The molecule has 0 aromatic heterocycles. The summed E-state index contributed by atoms with van der Waals surface area (Å²) >= 11 is 2.14. The van der Waals surface area contributed by atoms with Crippen molar-refractivity contribution < 1.29 is 14.3 Å². The Morgan fingerprint density at radius 3 is 2.94 bits per heavy atom. The molecule has 0 amide bonds. The van der Waals surface area contributed by atoms with E-state index in [2.05, 4.69) is 22.6 Å². The Labute approximate surface area is 107 Å². The molecule has 3 nitrogen and oxygen atoms in total. The third-order valence-electron chi connectivity index (χ3n) is 2.62. The van der Waals surface area contributed by atoms with Crippen LogP contribution >= 0.6 is 22.6 Å². The smallest absolute Gasteiger partial charge is 0.303 e. The van der Waals surface area contributed by atoms with Crippen LogP contribution in [0.4, 0.5) is 0 Å². The second kappa shape index (κ2) is 4.53. The van der Waals surface area contributed by atoms with Crippen LogP contribution in [-0.2, 0) is 16.0 Å². The van der Waals surface area contributed by atoms with Crippen molar-refractivity contribution in [2.75, 3.05) is 0 Å². The van der Waals surface area contributed by atoms with E-state index in [1.165, 1.54) is 6.92 Å². The van der Waals surface area contributed by atoms with Crippen LogP contribution in [0.15, 0.2) is 18.2 Å². The van der Waals surface area contributed by atoms with Gasteiger partial charge in [0.1, 0.15) is 0 Å². The standard InChI is InChI=1S/C12H11IO3/c1-7(14)16-10-6-5-8-3-2-4-9(13)11(8)12(10)15/h2-4,10H,5-6H2,1H3. The first kappa shape index (κ1) is 11.6. The van der Waals surface area contributed by atoms with Crippen LogP contribution in [0.5, 0.6) is 0 Å². The Balaban J connectivity index is 2.34. The molecule has 0 radical (unpaired) electrons. The van der Waals surface area contributed by atoms with E-state index in [1.807, 2.05) is 18.2 Å². The van der Waals surface area contributed by atoms with E-state index in [-0.39, 0.29) is 5.78 Å². The average molecular weight is 330 g/mol. The molecule has 1 aromatic rings. The van der Waals surface area contributed by atoms with E-state index < -0.39 is 12.1 Å². The number of ether oxygens (including phenoxy) is 1. The minimum atomic E-state index is -0.596. The summed E-state index contributed by atoms with van der Waals surface area (Å²) in [6.45, 7) is 1.33. The van der Waals surface area contributed by atoms with Crippen molar-refractivity contribution in [3.63, 3.8) is 0 Å². The van der Waals surface area contributed by atoms with Gasteiger partial charge in [-0.2, -0.15) is 0 Å². The Morgan fingerprint density at radius 2 is 2.25 bits per heavy atom. The van der Waals surface area contributed by atoms with Gasteiger partial charge in [-0.15, -0.1) is 0 Å². The van der Waals surface area contributed by atoms with Gasteiger partial charge < -0.3 is 4.74 Å². The van der Waals surface area contributed by atoms with Gasteiger partial charge in [-0.3, -0.25) is 9.59 Å². The number of hydrogen-bond donors (Lipinski definition) is 0. The van der Waals surface area contributed by atoms with Crippen molar-refractivity contribution in [2.24, 2.45) is 0 Å². The number of esters is 1. The average Bonchev–Trinajstić information content (AvgIpc) is 2.22.